The molecule has 0 aromatic heterocycles. The fourth-order valence-electron chi connectivity index (χ4n) is 8.17. The van der Waals surface area contributed by atoms with Gasteiger partial charge in [0, 0.05) is 0 Å². The van der Waals surface area contributed by atoms with Gasteiger partial charge >= 0.3 is 0 Å². The number of hydrogen-bond acceptors (Lipinski definition) is 0. The van der Waals surface area contributed by atoms with Crippen molar-refractivity contribution in [2.75, 3.05) is 0 Å². The van der Waals surface area contributed by atoms with Crippen molar-refractivity contribution in [1.82, 2.24) is 0 Å². The van der Waals surface area contributed by atoms with Crippen LogP contribution in [0.4, 0.5) is 0 Å². The van der Waals surface area contributed by atoms with E-state index in [0.29, 0.717) is 0 Å². The Bertz CT molecular complexity index is 446. The molecular weight excluding hydrogens is 432 g/mol. The molecule has 0 aromatic rings. The van der Waals surface area contributed by atoms with E-state index in [0.717, 1.165) is 71.0 Å². The predicted octanol–water partition coefficient (Wildman–Crippen LogP) is 12.3. The maximum Gasteiger partial charge on any atom is -0.0360 e. The van der Waals surface area contributed by atoms with Crippen molar-refractivity contribution in [3.63, 3.8) is 0 Å². The zero-order chi connectivity index (χ0) is 27.4. The third kappa shape index (κ3) is 11.8. The molecule has 4 unspecified atom stereocenters. The molecule has 3 aliphatic carbocycles. The molecule has 0 aliphatic heterocycles. The summed E-state index contributed by atoms with van der Waals surface area (Å²) in [6.45, 7) is 28.7. The van der Waals surface area contributed by atoms with Gasteiger partial charge < -0.3 is 0 Å². The fraction of sp³-hybridized carbons (Fsp3) is 1.00. The molecule has 0 spiro atoms. The van der Waals surface area contributed by atoms with Crippen molar-refractivity contribution in [3.8, 4) is 0 Å². The van der Waals surface area contributed by atoms with Crippen LogP contribution in [0.3, 0.4) is 0 Å². The predicted molar refractivity (Wildman–Crippen MR) is 165 cm³/mol. The molecule has 0 nitrogen and oxygen atoms in total. The Hall–Kier alpha value is 0. The van der Waals surface area contributed by atoms with Gasteiger partial charge in [0.1, 0.15) is 0 Å². The monoisotopic (exact) mass is 505 g/mol. The van der Waals surface area contributed by atoms with Crippen LogP contribution in [0.15, 0.2) is 0 Å². The first-order valence-electron chi connectivity index (χ1n) is 16.9. The van der Waals surface area contributed by atoms with Crippen molar-refractivity contribution in [2.24, 2.45) is 71.0 Å². The summed E-state index contributed by atoms with van der Waals surface area (Å²) in [5.41, 5.74) is 0. The lowest BCUT2D eigenvalue weighted by Crippen LogP contribution is -2.27. The summed E-state index contributed by atoms with van der Waals surface area (Å²) in [6, 6.07) is 0. The lowest BCUT2D eigenvalue weighted by molar-refractivity contribution is 0.136. The third-order valence-electron chi connectivity index (χ3n) is 10.8. The molecule has 3 rings (SSSR count). The van der Waals surface area contributed by atoms with Crippen molar-refractivity contribution < 1.29 is 0 Å². The SMILES string of the molecule is CC(C)C1CCCC(C(C)C)C1.CC(C)C1CCCCC1C(C)C.CC(C)[C@H]1CCCC[C@H]1C(C)C. The highest BCUT2D eigenvalue weighted by Crippen LogP contribution is 2.40. The van der Waals surface area contributed by atoms with Crippen molar-refractivity contribution in [1.29, 1.82) is 0 Å². The Morgan fingerprint density at radius 3 is 0.750 bits per heavy atom. The summed E-state index contributed by atoms with van der Waals surface area (Å²) < 4.78 is 0. The molecular formula is C36H72. The van der Waals surface area contributed by atoms with E-state index in [1.165, 1.54) is 77.0 Å². The second-order valence-electron chi connectivity index (χ2n) is 15.4. The van der Waals surface area contributed by atoms with Crippen LogP contribution in [0.1, 0.15) is 160 Å². The third-order valence-corrected chi connectivity index (χ3v) is 10.8. The Morgan fingerprint density at radius 2 is 0.556 bits per heavy atom. The zero-order valence-electron chi connectivity index (χ0n) is 27.4. The highest BCUT2D eigenvalue weighted by molar-refractivity contribution is 4.80. The van der Waals surface area contributed by atoms with E-state index >= 15 is 0 Å². The van der Waals surface area contributed by atoms with Crippen LogP contribution in [0.2, 0.25) is 0 Å². The molecule has 0 heteroatoms. The summed E-state index contributed by atoms with van der Waals surface area (Å²) in [6.07, 6.45) is 17.8. The Balaban J connectivity index is 0.000000270. The normalized spacial score (nSPS) is 31.5. The molecule has 0 bridgehead atoms. The van der Waals surface area contributed by atoms with E-state index in [1.54, 1.807) is 0 Å². The van der Waals surface area contributed by atoms with Gasteiger partial charge in [0.05, 0.1) is 0 Å². The van der Waals surface area contributed by atoms with E-state index < -0.39 is 0 Å². The summed E-state index contributed by atoms with van der Waals surface area (Å²) in [5, 5.41) is 0. The zero-order valence-corrected chi connectivity index (χ0v) is 27.4. The van der Waals surface area contributed by atoms with Crippen molar-refractivity contribution in [3.05, 3.63) is 0 Å². The molecule has 0 N–H and O–H groups in total. The summed E-state index contributed by atoms with van der Waals surface area (Å²) in [5.74, 6) is 11.5. The molecule has 36 heavy (non-hydrogen) atoms. The van der Waals surface area contributed by atoms with Crippen LogP contribution < -0.4 is 0 Å². The van der Waals surface area contributed by atoms with Crippen LogP contribution in [-0.4, -0.2) is 0 Å². The lowest BCUT2D eigenvalue weighted by Gasteiger charge is -2.37. The molecule has 0 heterocycles. The molecule has 0 saturated heterocycles. The first-order chi connectivity index (χ1) is 16.9. The number of rotatable bonds is 6. The smallest absolute Gasteiger partial charge is 0.0360 e. The Morgan fingerprint density at radius 1 is 0.306 bits per heavy atom. The Kier molecular flexibility index (Phi) is 16.6. The molecule has 3 saturated carbocycles. The van der Waals surface area contributed by atoms with Gasteiger partial charge in [-0.25, -0.2) is 0 Å². The minimum atomic E-state index is 0.901. The standard InChI is InChI=1S/3C12H24/c1-9(2)11-6-5-7-12(8-11)10(3)4;2*1-9(2)11-7-5-6-8-12(11)10(3)4/h3*9-12H,5-8H2,1-4H3/t;11-,12+;. The molecule has 6 atom stereocenters. The topological polar surface area (TPSA) is 0 Å². The van der Waals surface area contributed by atoms with Crippen LogP contribution in [0, 0.1) is 71.0 Å². The van der Waals surface area contributed by atoms with E-state index in [-0.39, 0.29) is 0 Å². The van der Waals surface area contributed by atoms with Gasteiger partial charge in [0.2, 0.25) is 0 Å². The van der Waals surface area contributed by atoms with Gasteiger partial charge in [-0.05, 0) is 103 Å². The maximum absolute atomic E-state index is 2.39. The van der Waals surface area contributed by atoms with Gasteiger partial charge in [-0.1, -0.05) is 128 Å². The average Bonchev–Trinajstić information content (AvgIpc) is 2.84. The molecule has 3 aliphatic rings. The van der Waals surface area contributed by atoms with Crippen molar-refractivity contribution in [2.45, 2.75) is 160 Å². The van der Waals surface area contributed by atoms with Crippen LogP contribution in [0.25, 0.3) is 0 Å². The van der Waals surface area contributed by atoms with Gasteiger partial charge in [-0.2, -0.15) is 0 Å². The van der Waals surface area contributed by atoms with Gasteiger partial charge in [0.25, 0.3) is 0 Å². The maximum atomic E-state index is 2.39. The van der Waals surface area contributed by atoms with Crippen LogP contribution in [0.5, 0.6) is 0 Å². The van der Waals surface area contributed by atoms with E-state index in [1.807, 2.05) is 0 Å². The minimum absolute atomic E-state index is 0.901. The van der Waals surface area contributed by atoms with E-state index in [9.17, 15) is 0 Å². The van der Waals surface area contributed by atoms with E-state index in [4.69, 9.17) is 0 Å². The lowest BCUT2D eigenvalue weighted by atomic mass is 9.69. The molecule has 0 radical (unpaired) electrons. The molecule has 0 amide bonds. The Labute approximate surface area is 231 Å². The summed E-state index contributed by atoms with van der Waals surface area (Å²) in [7, 11) is 0. The molecule has 216 valence electrons. The van der Waals surface area contributed by atoms with Crippen molar-refractivity contribution >= 4 is 0 Å². The van der Waals surface area contributed by atoms with Crippen LogP contribution in [-0.2, 0) is 0 Å². The highest BCUT2D eigenvalue weighted by Gasteiger charge is 2.30. The quantitative estimate of drug-likeness (QED) is 0.337. The summed E-state index contributed by atoms with van der Waals surface area (Å²) >= 11 is 0. The first-order valence-corrected chi connectivity index (χ1v) is 16.9. The molecule has 3 fully saturated rings. The van der Waals surface area contributed by atoms with Gasteiger partial charge in [-0.15, -0.1) is 0 Å². The van der Waals surface area contributed by atoms with Gasteiger partial charge in [-0.3, -0.25) is 0 Å². The molecule has 0 aromatic carbocycles. The fourth-order valence-corrected chi connectivity index (χ4v) is 8.17. The second kappa shape index (κ2) is 17.6. The van der Waals surface area contributed by atoms with Crippen LogP contribution >= 0.6 is 0 Å². The average molecular weight is 505 g/mol. The first kappa shape index (κ1) is 34.0. The second-order valence-corrected chi connectivity index (χ2v) is 15.4. The summed E-state index contributed by atoms with van der Waals surface area (Å²) in [4.78, 5) is 0. The highest BCUT2D eigenvalue weighted by atomic mass is 14.4. The van der Waals surface area contributed by atoms with E-state index in [2.05, 4.69) is 83.1 Å². The van der Waals surface area contributed by atoms with Gasteiger partial charge in [0.15, 0.2) is 0 Å². The minimum Gasteiger partial charge on any atom is -0.0625 e. The largest absolute Gasteiger partial charge is 0.0625 e. The number of hydrogen-bond donors (Lipinski definition) is 0.